The van der Waals surface area contributed by atoms with Gasteiger partial charge in [-0.05, 0) is 42.9 Å². The molecule has 78 valence electrons. The zero-order valence-corrected chi connectivity index (χ0v) is 9.16. The van der Waals surface area contributed by atoms with E-state index in [1.807, 2.05) is 0 Å². The lowest BCUT2D eigenvalue weighted by Crippen LogP contribution is -2.32. The van der Waals surface area contributed by atoms with Crippen molar-refractivity contribution in [3.05, 3.63) is 41.5 Å². The summed E-state index contributed by atoms with van der Waals surface area (Å²) in [5.74, 6) is 0. The molecule has 2 heterocycles. The number of fused-ring (bicyclic) bond motifs is 2. The molecular weight excluding hydrogens is 182 g/mol. The number of hydrogen-bond donors (Lipinski definition) is 1. The summed E-state index contributed by atoms with van der Waals surface area (Å²) in [6.45, 7) is 2.21. The molecule has 2 atom stereocenters. The first-order valence-electron chi connectivity index (χ1n) is 5.86. The summed E-state index contributed by atoms with van der Waals surface area (Å²) in [4.78, 5) is 0. The largest absolute Gasteiger partial charge is 0.307 e. The molecule has 0 radical (unpaired) electrons. The quantitative estimate of drug-likeness (QED) is 0.733. The Morgan fingerprint density at radius 2 is 2.07 bits per heavy atom. The van der Waals surface area contributed by atoms with Gasteiger partial charge < -0.3 is 5.32 Å². The van der Waals surface area contributed by atoms with Crippen molar-refractivity contribution in [3.8, 4) is 0 Å². The van der Waals surface area contributed by atoms with Crippen LogP contribution < -0.4 is 5.32 Å². The van der Waals surface area contributed by atoms with Gasteiger partial charge in [-0.2, -0.15) is 0 Å². The Kier molecular flexibility index (Phi) is 2.14. The molecule has 3 rings (SSSR count). The van der Waals surface area contributed by atoms with Crippen molar-refractivity contribution in [2.45, 2.75) is 38.3 Å². The van der Waals surface area contributed by atoms with Gasteiger partial charge in [-0.25, -0.2) is 0 Å². The van der Waals surface area contributed by atoms with Crippen LogP contribution in [0.15, 0.2) is 30.3 Å². The van der Waals surface area contributed by atoms with Crippen LogP contribution in [0.1, 0.15) is 30.4 Å². The first-order valence-corrected chi connectivity index (χ1v) is 5.86. The fourth-order valence-corrected chi connectivity index (χ4v) is 2.85. The van der Waals surface area contributed by atoms with E-state index in [-0.39, 0.29) is 0 Å². The Hall–Kier alpha value is -1.08. The highest BCUT2D eigenvalue weighted by atomic mass is 15.0. The van der Waals surface area contributed by atoms with Crippen LogP contribution >= 0.6 is 0 Å². The second kappa shape index (κ2) is 3.49. The Bertz CT molecular complexity index is 406. The van der Waals surface area contributed by atoms with Crippen molar-refractivity contribution in [1.82, 2.24) is 5.32 Å². The Morgan fingerprint density at radius 3 is 2.87 bits per heavy atom. The van der Waals surface area contributed by atoms with Gasteiger partial charge in [0.1, 0.15) is 0 Å². The van der Waals surface area contributed by atoms with Crippen LogP contribution in [0.5, 0.6) is 0 Å². The van der Waals surface area contributed by atoms with Crippen LogP contribution in [0.3, 0.4) is 0 Å². The van der Waals surface area contributed by atoms with Crippen LogP contribution in [-0.4, -0.2) is 12.1 Å². The highest BCUT2D eigenvalue weighted by Crippen LogP contribution is 2.32. The summed E-state index contributed by atoms with van der Waals surface area (Å²) in [6, 6.07) is 10.1. The highest BCUT2D eigenvalue weighted by molar-refractivity contribution is 5.70. The summed E-state index contributed by atoms with van der Waals surface area (Å²) >= 11 is 0. The van der Waals surface area contributed by atoms with Gasteiger partial charge >= 0.3 is 0 Å². The molecule has 0 amide bonds. The maximum absolute atomic E-state index is 3.63. The van der Waals surface area contributed by atoms with E-state index in [9.17, 15) is 0 Å². The SMILES string of the molecule is Cc1ccccc1C1=CC2CCC(C1)N2. The fourth-order valence-electron chi connectivity index (χ4n) is 2.85. The molecule has 0 spiro atoms. The van der Waals surface area contributed by atoms with E-state index in [1.54, 1.807) is 5.57 Å². The molecule has 1 fully saturated rings. The fraction of sp³-hybridized carbons (Fsp3) is 0.429. The molecule has 0 aromatic heterocycles. The third-order valence-corrected chi connectivity index (χ3v) is 3.64. The van der Waals surface area contributed by atoms with Crippen LogP contribution in [0.4, 0.5) is 0 Å². The molecule has 0 saturated carbocycles. The molecule has 2 aliphatic heterocycles. The average Bonchev–Trinajstić information content (AvgIpc) is 2.58. The predicted octanol–water partition coefficient (Wildman–Crippen LogP) is 2.90. The molecule has 1 aromatic carbocycles. The molecule has 2 bridgehead atoms. The smallest absolute Gasteiger partial charge is 0.0259 e. The lowest BCUT2D eigenvalue weighted by Gasteiger charge is -2.22. The van der Waals surface area contributed by atoms with Crippen LogP contribution in [0.2, 0.25) is 0 Å². The summed E-state index contributed by atoms with van der Waals surface area (Å²) in [7, 11) is 0. The standard InChI is InChI=1S/C14H17N/c1-10-4-2-3-5-14(10)11-8-12-6-7-13(9-11)15-12/h2-5,8,12-13,15H,6-7,9H2,1H3. The van der Waals surface area contributed by atoms with Crippen LogP contribution in [-0.2, 0) is 0 Å². The molecule has 2 unspecified atom stereocenters. The summed E-state index contributed by atoms with van der Waals surface area (Å²) in [6.07, 6.45) is 6.31. The zero-order valence-electron chi connectivity index (χ0n) is 9.16. The van der Waals surface area contributed by atoms with E-state index in [4.69, 9.17) is 0 Å². The van der Waals surface area contributed by atoms with Crippen molar-refractivity contribution >= 4 is 5.57 Å². The number of rotatable bonds is 1. The van der Waals surface area contributed by atoms with Crippen molar-refractivity contribution < 1.29 is 0 Å². The maximum atomic E-state index is 3.63. The van der Waals surface area contributed by atoms with Gasteiger partial charge in [-0.15, -0.1) is 0 Å². The van der Waals surface area contributed by atoms with Gasteiger partial charge in [0.25, 0.3) is 0 Å². The van der Waals surface area contributed by atoms with Gasteiger partial charge in [0, 0.05) is 12.1 Å². The number of nitrogens with one attached hydrogen (secondary N) is 1. The Labute approximate surface area is 91.2 Å². The number of hydrogen-bond acceptors (Lipinski definition) is 1. The summed E-state index contributed by atoms with van der Waals surface area (Å²) < 4.78 is 0. The van der Waals surface area contributed by atoms with Crippen molar-refractivity contribution in [3.63, 3.8) is 0 Å². The molecule has 0 aliphatic carbocycles. The summed E-state index contributed by atoms with van der Waals surface area (Å²) in [5, 5.41) is 3.63. The van der Waals surface area contributed by atoms with Crippen molar-refractivity contribution in [2.75, 3.05) is 0 Å². The molecule has 1 heteroatoms. The van der Waals surface area contributed by atoms with Gasteiger partial charge in [-0.3, -0.25) is 0 Å². The van der Waals surface area contributed by atoms with E-state index in [0.717, 1.165) is 6.04 Å². The van der Waals surface area contributed by atoms with E-state index in [1.165, 1.54) is 30.4 Å². The van der Waals surface area contributed by atoms with E-state index in [2.05, 4.69) is 42.6 Å². The minimum absolute atomic E-state index is 0.637. The minimum atomic E-state index is 0.637. The number of aryl methyl sites for hydroxylation is 1. The third-order valence-electron chi connectivity index (χ3n) is 3.64. The third kappa shape index (κ3) is 1.61. The zero-order chi connectivity index (χ0) is 10.3. The Balaban J connectivity index is 1.98. The van der Waals surface area contributed by atoms with Gasteiger partial charge in [0.2, 0.25) is 0 Å². The van der Waals surface area contributed by atoms with E-state index in [0.29, 0.717) is 6.04 Å². The molecule has 1 aromatic rings. The summed E-state index contributed by atoms with van der Waals surface area (Å²) in [5.41, 5.74) is 4.42. The lowest BCUT2D eigenvalue weighted by atomic mass is 9.93. The van der Waals surface area contributed by atoms with Gasteiger partial charge in [-0.1, -0.05) is 30.3 Å². The predicted molar refractivity (Wildman–Crippen MR) is 63.7 cm³/mol. The highest BCUT2D eigenvalue weighted by Gasteiger charge is 2.28. The maximum Gasteiger partial charge on any atom is 0.0259 e. The second-order valence-corrected chi connectivity index (χ2v) is 4.76. The minimum Gasteiger partial charge on any atom is -0.307 e. The van der Waals surface area contributed by atoms with Crippen LogP contribution in [0.25, 0.3) is 5.57 Å². The molecule has 1 saturated heterocycles. The average molecular weight is 199 g/mol. The Morgan fingerprint density at radius 1 is 1.20 bits per heavy atom. The normalized spacial score (nSPS) is 29.0. The lowest BCUT2D eigenvalue weighted by molar-refractivity contribution is 0.575. The molecule has 15 heavy (non-hydrogen) atoms. The van der Waals surface area contributed by atoms with E-state index >= 15 is 0 Å². The first-order chi connectivity index (χ1) is 7.33. The number of benzene rings is 1. The van der Waals surface area contributed by atoms with Crippen LogP contribution in [0, 0.1) is 6.92 Å². The molecular formula is C14H17N. The molecule has 1 N–H and O–H groups in total. The van der Waals surface area contributed by atoms with Gasteiger partial charge in [0.05, 0.1) is 0 Å². The van der Waals surface area contributed by atoms with Crippen molar-refractivity contribution in [2.24, 2.45) is 0 Å². The monoisotopic (exact) mass is 199 g/mol. The first kappa shape index (κ1) is 9.17. The van der Waals surface area contributed by atoms with Crippen molar-refractivity contribution in [1.29, 1.82) is 0 Å². The van der Waals surface area contributed by atoms with Gasteiger partial charge in [0.15, 0.2) is 0 Å². The topological polar surface area (TPSA) is 12.0 Å². The van der Waals surface area contributed by atoms with E-state index < -0.39 is 0 Å². The molecule has 2 aliphatic rings. The molecule has 1 nitrogen and oxygen atoms in total. The second-order valence-electron chi connectivity index (χ2n) is 4.76.